The number of hydrogen-bond donors (Lipinski definition) is 1. The van der Waals surface area contributed by atoms with Crippen LogP contribution in [0.5, 0.6) is 0 Å². The zero-order chi connectivity index (χ0) is 24.4. The third-order valence-corrected chi connectivity index (χ3v) is 8.02. The van der Waals surface area contributed by atoms with Crippen LogP contribution in [0, 0.1) is 29.1 Å². The Morgan fingerprint density at radius 3 is 2.66 bits per heavy atom. The maximum Gasteiger partial charge on any atom is 0.231 e. The van der Waals surface area contributed by atoms with Crippen LogP contribution in [-0.2, 0) is 27.2 Å². The zero-order valence-corrected chi connectivity index (χ0v) is 20.3. The predicted octanol–water partition coefficient (Wildman–Crippen LogP) is 4.27. The minimum Gasteiger partial charge on any atom is -0.385 e. The Morgan fingerprint density at radius 2 is 1.97 bits per heavy atom. The number of benzene rings is 2. The Hall–Kier alpha value is -3.17. The fourth-order valence-corrected chi connectivity index (χ4v) is 6.19. The van der Waals surface area contributed by atoms with E-state index in [1.807, 2.05) is 23.1 Å². The summed E-state index contributed by atoms with van der Waals surface area (Å²) < 4.78 is 5.14. The average molecular weight is 472 g/mol. The van der Waals surface area contributed by atoms with Crippen LogP contribution in [0.15, 0.2) is 42.5 Å². The van der Waals surface area contributed by atoms with Gasteiger partial charge in [0, 0.05) is 38.3 Å². The molecule has 6 nitrogen and oxygen atoms in total. The molecule has 2 amide bonds. The summed E-state index contributed by atoms with van der Waals surface area (Å²) in [7, 11) is 1.67. The van der Waals surface area contributed by atoms with Gasteiger partial charge in [0.05, 0.1) is 12.5 Å². The highest BCUT2D eigenvalue weighted by Crippen LogP contribution is 2.48. The summed E-state index contributed by atoms with van der Waals surface area (Å²) in [6.07, 6.45) is 6.33. The van der Waals surface area contributed by atoms with Crippen LogP contribution in [0.1, 0.15) is 43.2 Å². The normalized spacial score (nSPS) is 23.3. The van der Waals surface area contributed by atoms with Crippen LogP contribution >= 0.6 is 0 Å². The monoisotopic (exact) mass is 471 g/mol. The lowest BCUT2D eigenvalue weighted by molar-refractivity contribution is -0.127. The third kappa shape index (κ3) is 4.97. The van der Waals surface area contributed by atoms with Gasteiger partial charge in [-0.25, -0.2) is 0 Å². The van der Waals surface area contributed by atoms with Crippen molar-refractivity contribution < 1.29 is 14.3 Å². The second kappa shape index (κ2) is 10.2. The molecule has 2 aliphatic carbocycles. The molecule has 0 aromatic heterocycles. The molecular formula is C29H33N3O3. The lowest BCUT2D eigenvalue weighted by atomic mass is 9.88. The van der Waals surface area contributed by atoms with Crippen molar-refractivity contribution in [3.05, 3.63) is 53.6 Å². The van der Waals surface area contributed by atoms with Crippen molar-refractivity contribution in [3.63, 3.8) is 0 Å². The number of carbonyl (C=O) groups is 2. The van der Waals surface area contributed by atoms with Gasteiger partial charge >= 0.3 is 0 Å². The van der Waals surface area contributed by atoms with E-state index in [0.717, 1.165) is 47.2 Å². The fourth-order valence-electron chi connectivity index (χ4n) is 6.19. The fraction of sp³-hybridized carbons (Fsp3) is 0.483. The van der Waals surface area contributed by atoms with Crippen LogP contribution in [0.3, 0.4) is 0 Å². The van der Waals surface area contributed by atoms with Gasteiger partial charge < -0.3 is 15.0 Å². The second-order valence-corrected chi connectivity index (χ2v) is 10.3. The Bertz CT molecular complexity index is 1140. The first kappa shape index (κ1) is 23.6. The Labute approximate surface area is 207 Å². The number of hydrogen-bond acceptors (Lipinski definition) is 4. The van der Waals surface area contributed by atoms with Crippen LogP contribution in [0.4, 0.5) is 5.69 Å². The van der Waals surface area contributed by atoms with E-state index in [0.29, 0.717) is 37.8 Å². The van der Waals surface area contributed by atoms with Crippen molar-refractivity contribution in [2.24, 2.45) is 17.8 Å². The maximum atomic E-state index is 12.8. The van der Waals surface area contributed by atoms with E-state index < -0.39 is 6.04 Å². The Kier molecular flexibility index (Phi) is 6.88. The molecule has 1 N–H and O–H groups in total. The number of carbonyl (C=O) groups excluding carboxylic acids is 2. The molecule has 182 valence electrons. The van der Waals surface area contributed by atoms with Crippen LogP contribution in [0.2, 0.25) is 0 Å². The van der Waals surface area contributed by atoms with Gasteiger partial charge in [-0.1, -0.05) is 42.8 Å². The van der Waals surface area contributed by atoms with Crippen molar-refractivity contribution in [1.82, 2.24) is 5.32 Å². The number of methoxy groups -OCH3 is 1. The topological polar surface area (TPSA) is 82.4 Å². The number of fused-ring (bicyclic) bond motifs is 3. The lowest BCUT2D eigenvalue weighted by Gasteiger charge is -2.22. The van der Waals surface area contributed by atoms with E-state index in [2.05, 4.69) is 35.7 Å². The van der Waals surface area contributed by atoms with Gasteiger partial charge in [-0.05, 0) is 65.8 Å². The summed E-state index contributed by atoms with van der Waals surface area (Å²) in [4.78, 5) is 27.1. The third-order valence-electron chi connectivity index (χ3n) is 8.02. The Morgan fingerprint density at radius 1 is 1.17 bits per heavy atom. The standard InChI is InChI=1S/C29H33N3O3/c1-35-12-2-11-32-27-16-22(9-10-24(27)17-28(32)33)21-6-3-19(4-7-21)14-25(18-30)31-29(34)26-15-20-5-8-23(26)13-20/h3-4,6-7,9-10,16,20,23,25-26H,2,5,8,11-15,17H2,1H3,(H,31,34)/t20-,23+,25+,26+/m1/s1. The van der Waals surface area contributed by atoms with Crippen molar-refractivity contribution in [3.8, 4) is 17.2 Å². The number of ether oxygens (including phenoxy) is 1. The highest BCUT2D eigenvalue weighted by Gasteiger charge is 2.43. The molecule has 2 saturated carbocycles. The first-order valence-electron chi connectivity index (χ1n) is 12.8. The maximum absolute atomic E-state index is 12.8. The Balaban J connectivity index is 1.23. The lowest BCUT2D eigenvalue weighted by Crippen LogP contribution is -2.40. The van der Waals surface area contributed by atoms with E-state index in [-0.39, 0.29) is 17.7 Å². The molecule has 0 unspecified atom stereocenters. The molecule has 6 heteroatoms. The number of amides is 2. The number of anilines is 1. The first-order chi connectivity index (χ1) is 17.1. The molecule has 1 heterocycles. The van der Waals surface area contributed by atoms with Gasteiger partial charge in [0.1, 0.15) is 6.04 Å². The van der Waals surface area contributed by atoms with Crippen molar-refractivity contribution in [2.75, 3.05) is 25.2 Å². The van der Waals surface area contributed by atoms with E-state index >= 15 is 0 Å². The summed E-state index contributed by atoms with van der Waals surface area (Å²) >= 11 is 0. The average Bonchev–Trinajstić information content (AvgIpc) is 3.58. The van der Waals surface area contributed by atoms with Gasteiger partial charge in [-0.2, -0.15) is 5.26 Å². The molecule has 0 spiro atoms. The summed E-state index contributed by atoms with van der Waals surface area (Å²) in [5, 5.41) is 12.7. The van der Waals surface area contributed by atoms with Crippen LogP contribution < -0.4 is 10.2 Å². The largest absolute Gasteiger partial charge is 0.385 e. The highest BCUT2D eigenvalue weighted by molar-refractivity contribution is 6.02. The minimum absolute atomic E-state index is 0.0584. The molecule has 0 saturated heterocycles. The SMILES string of the molecule is COCCCN1C(=O)Cc2ccc(-c3ccc(C[C@@H](C#N)NC(=O)[C@H]4C[C@@H]5CC[C@H]4C5)cc3)cc21. The van der Waals surface area contributed by atoms with Crippen LogP contribution in [-0.4, -0.2) is 38.1 Å². The molecule has 4 atom stereocenters. The molecule has 1 aliphatic heterocycles. The molecule has 2 fully saturated rings. The molecule has 3 aliphatic rings. The van der Waals surface area contributed by atoms with Crippen LogP contribution in [0.25, 0.3) is 11.1 Å². The predicted molar refractivity (Wildman–Crippen MR) is 135 cm³/mol. The highest BCUT2D eigenvalue weighted by atomic mass is 16.5. The molecular weight excluding hydrogens is 438 g/mol. The number of nitrogens with zero attached hydrogens (tertiary/aromatic N) is 2. The first-order valence-corrected chi connectivity index (χ1v) is 12.8. The number of rotatable bonds is 9. The van der Waals surface area contributed by atoms with Crippen molar-refractivity contribution in [1.29, 1.82) is 5.26 Å². The summed E-state index contributed by atoms with van der Waals surface area (Å²) in [6, 6.07) is 16.1. The minimum atomic E-state index is -0.515. The summed E-state index contributed by atoms with van der Waals surface area (Å²) in [5.74, 6) is 1.50. The number of nitrogens with one attached hydrogen (secondary N) is 1. The summed E-state index contributed by atoms with van der Waals surface area (Å²) in [6.45, 7) is 1.29. The van der Waals surface area contributed by atoms with Gasteiger partial charge in [0.2, 0.25) is 11.8 Å². The van der Waals surface area contributed by atoms with Gasteiger partial charge in [-0.3, -0.25) is 9.59 Å². The molecule has 0 radical (unpaired) electrons. The molecule has 5 rings (SSSR count). The van der Waals surface area contributed by atoms with E-state index in [1.165, 1.54) is 12.8 Å². The van der Waals surface area contributed by atoms with Gasteiger partial charge in [0.25, 0.3) is 0 Å². The second-order valence-electron chi connectivity index (χ2n) is 10.3. The quantitative estimate of drug-likeness (QED) is 0.554. The molecule has 2 aromatic carbocycles. The smallest absolute Gasteiger partial charge is 0.231 e. The van der Waals surface area contributed by atoms with E-state index in [4.69, 9.17) is 4.74 Å². The summed E-state index contributed by atoms with van der Waals surface area (Å²) in [5.41, 5.74) is 5.19. The van der Waals surface area contributed by atoms with E-state index in [1.54, 1.807) is 7.11 Å². The van der Waals surface area contributed by atoms with Gasteiger partial charge in [-0.15, -0.1) is 0 Å². The molecule has 2 bridgehead atoms. The molecule has 2 aromatic rings. The van der Waals surface area contributed by atoms with Gasteiger partial charge in [0.15, 0.2) is 0 Å². The molecule has 35 heavy (non-hydrogen) atoms. The van der Waals surface area contributed by atoms with Crippen molar-refractivity contribution in [2.45, 2.75) is 51.0 Å². The van der Waals surface area contributed by atoms with E-state index in [9.17, 15) is 14.9 Å². The zero-order valence-electron chi connectivity index (χ0n) is 20.3. The number of nitriles is 1. The van der Waals surface area contributed by atoms with Crippen molar-refractivity contribution >= 4 is 17.5 Å².